The van der Waals surface area contributed by atoms with Gasteiger partial charge in [0.25, 0.3) is 0 Å². The Kier molecular flexibility index (Phi) is 9.32. The summed E-state index contributed by atoms with van der Waals surface area (Å²) in [5.41, 5.74) is -2.42. The molecule has 0 atom stereocenters. The Morgan fingerprint density at radius 2 is 1.17 bits per heavy atom. The van der Waals surface area contributed by atoms with Crippen LogP contribution in [0, 0.1) is 0 Å². The summed E-state index contributed by atoms with van der Waals surface area (Å²) >= 11 is 0. The Balaban J connectivity index is 1.60. The van der Waals surface area contributed by atoms with Gasteiger partial charge in [0.15, 0.2) is 0 Å². The number of hydrogen-bond donors (Lipinski definition) is 0. The second kappa shape index (κ2) is 12.3. The Morgan fingerprint density at radius 1 is 0.761 bits per heavy atom. The average molecular weight is 633 g/mol. The third-order valence-corrected chi connectivity index (χ3v) is 10.6. The van der Waals surface area contributed by atoms with E-state index >= 15 is 0 Å². The van der Waals surface area contributed by atoms with E-state index in [4.69, 9.17) is 28.1 Å². The maximum atomic E-state index is 14.4. The van der Waals surface area contributed by atoms with E-state index in [2.05, 4.69) is 12.1 Å². The molecule has 5 rings (SSSR count). The van der Waals surface area contributed by atoms with E-state index in [0.717, 1.165) is 11.1 Å². The number of hydrogen-bond acceptors (Lipinski definition) is 7. The first-order chi connectivity index (χ1) is 21.3. The lowest BCUT2D eigenvalue weighted by atomic mass is 9.39. The first kappa shape index (κ1) is 35.0. The van der Waals surface area contributed by atoms with Crippen molar-refractivity contribution in [1.82, 2.24) is 4.90 Å². The van der Waals surface area contributed by atoms with Crippen LogP contribution in [0.25, 0.3) is 0 Å². The van der Waals surface area contributed by atoms with Crippen LogP contribution < -0.4 is 0 Å². The number of amides is 1. The van der Waals surface area contributed by atoms with Gasteiger partial charge in [0.05, 0.1) is 46.4 Å². The van der Waals surface area contributed by atoms with E-state index in [1.807, 2.05) is 130 Å². The normalized spacial score (nSPS) is 26.2. The number of carbonyl (C=O) groups excluding carboxylic acids is 1. The second-order valence-corrected chi connectivity index (χ2v) is 16.3. The Labute approximate surface area is 277 Å². The molecule has 1 aliphatic carbocycles. The molecule has 0 bridgehead atoms. The molecule has 0 aromatic heterocycles. The highest BCUT2D eigenvalue weighted by Gasteiger charge is 2.71. The Morgan fingerprint density at radius 3 is 1.59 bits per heavy atom. The minimum Gasteiger partial charge on any atom is -0.444 e. The number of rotatable bonds is 9. The van der Waals surface area contributed by atoms with Crippen molar-refractivity contribution in [3.63, 3.8) is 0 Å². The topological polar surface area (TPSA) is 75.7 Å². The van der Waals surface area contributed by atoms with Gasteiger partial charge in [-0.2, -0.15) is 0 Å². The SMILES string of the molecule is CC(C)(C)OC(=O)N(Cc1ccccc1)C1(C(B2OC(C)(C)C(C)(C)O2)B2OC(C)(C)C(C)(C)O2)CC(OCc2ccccc2)C1. The summed E-state index contributed by atoms with van der Waals surface area (Å²) in [4.78, 5) is 16.3. The van der Waals surface area contributed by atoms with Crippen LogP contribution in [0.2, 0.25) is 5.72 Å². The van der Waals surface area contributed by atoms with Gasteiger partial charge in [0.2, 0.25) is 0 Å². The van der Waals surface area contributed by atoms with Crippen LogP contribution in [0.5, 0.6) is 0 Å². The van der Waals surface area contributed by atoms with E-state index in [9.17, 15) is 4.79 Å². The fraction of sp³-hybridized carbons (Fsp3) is 0.639. The highest BCUT2D eigenvalue weighted by atomic mass is 16.7. The summed E-state index contributed by atoms with van der Waals surface area (Å²) < 4.78 is 39.8. The summed E-state index contributed by atoms with van der Waals surface area (Å²) in [5, 5.41) is 0. The van der Waals surface area contributed by atoms with Crippen LogP contribution in [0.1, 0.15) is 100 Å². The zero-order valence-electron chi connectivity index (χ0n) is 29.7. The molecule has 0 unspecified atom stereocenters. The van der Waals surface area contributed by atoms with Crippen molar-refractivity contribution in [1.29, 1.82) is 0 Å². The molecule has 2 aliphatic heterocycles. The van der Waals surface area contributed by atoms with Crippen LogP contribution >= 0.6 is 0 Å². The van der Waals surface area contributed by atoms with Gasteiger partial charge in [-0.3, -0.25) is 4.90 Å². The van der Waals surface area contributed by atoms with Crippen LogP contribution in [-0.4, -0.2) is 64.9 Å². The first-order valence-electron chi connectivity index (χ1n) is 16.7. The minimum atomic E-state index is -0.845. The molecule has 8 nitrogen and oxygen atoms in total. The minimum absolute atomic E-state index is 0.117. The standard InChI is InChI=1S/C36H53B2NO7/c1-31(2,3)42-30(40)39(24-26-18-14-12-15-19-26)36(22-28(23-36)41-25-27-20-16-13-17-21-27)29(37-43-32(4,5)33(6,7)44-37)38-45-34(8,9)35(10,11)46-38/h12-21,28-29H,22-25H2,1-11H3. The molecule has 10 heteroatoms. The highest BCUT2D eigenvalue weighted by Crippen LogP contribution is 2.57. The van der Waals surface area contributed by atoms with Gasteiger partial charge in [0, 0.05) is 6.54 Å². The summed E-state index contributed by atoms with van der Waals surface area (Å²) in [6.07, 6.45) is 0.541. The lowest BCUT2D eigenvalue weighted by Crippen LogP contribution is -2.69. The van der Waals surface area contributed by atoms with Crippen molar-refractivity contribution in [2.45, 2.75) is 148 Å². The molecule has 250 valence electrons. The molecule has 2 saturated heterocycles. The van der Waals surface area contributed by atoms with Gasteiger partial charge in [-0.15, -0.1) is 0 Å². The first-order valence-corrected chi connectivity index (χ1v) is 16.7. The van der Waals surface area contributed by atoms with E-state index in [1.165, 1.54) is 0 Å². The fourth-order valence-electron chi connectivity index (χ4n) is 6.50. The van der Waals surface area contributed by atoms with Gasteiger partial charge in [-0.25, -0.2) is 4.79 Å². The number of nitrogens with zero attached hydrogens (tertiary/aromatic N) is 1. The van der Waals surface area contributed by atoms with E-state index < -0.39 is 59.6 Å². The third kappa shape index (κ3) is 6.93. The van der Waals surface area contributed by atoms with Gasteiger partial charge in [-0.05, 0) is 100 Å². The molecule has 3 fully saturated rings. The molecule has 3 aliphatic rings. The van der Waals surface area contributed by atoms with Crippen molar-refractivity contribution in [2.24, 2.45) is 0 Å². The monoisotopic (exact) mass is 633 g/mol. The zero-order chi connectivity index (χ0) is 33.8. The van der Waals surface area contributed by atoms with E-state index in [-0.39, 0.29) is 6.10 Å². The summed E-state index contributed by atoms with van der Waals surface area (Å²) in [6.45, 7) is 22.8. The lowest BCUT2D eigenvalue weighted by molar-refractivity contribution is -0.115. The molecule has 0 spiro atoms. The van der Waals surface area contributed by atoms with Crippen molar-refractivity contribution < 1.29 is 32.9 Å². The van der Waals surface area contributed by atoms with E-state index in [0.29, 0.717) is 26.0 Å². The molecule has 46 heavy (non-hydrogen) atoms. The number of benzene rings is 2. The zero-order valence-corrected chi connectivity index (χ0v) is 29.7. The molecule has 2 aromatic carbocycles. The summed E-state index contributed by atoms with van der Waals surface area (Å²) in [5.74, 6) is 0. The Bertz CT molecular complexity index is 1290. The lowest BCUT2D eigenvalue weighted by Gasteiger charge is -2.57. The predicted octanol–water partition coefficient (Wildman–Crippen LogP) is 7.64. The molecule has 0 N–H and O–H groups in total. The van der Waals surface area contributed by atoms with Crippen LogP contribution in [-0.2, 0) is 41.2 Å². The predicted molar refractivity (Wildman–Crippen MR) is 181 cm³/mol. The van der Waals surface area contributed by atoms with Gasteiger partial charge in [-0.1, -0.05) is 60.7 Å². The van der Waals surface area contributed by atoms with Gasteiger partial charge >= 0.3 is 20.3 Å². The Hall–Kier alpha value is -2.36. The van der Waals surface area contributed by atoms with Crippen LogP contribution in [0.4, 0.5) is 4.79 Å². The number of carbonyl (C=O) groups is 1. The molecular weight excluding hydrogens is 580 g/mol. The van der Waals surface area contributed by atoms with Gasteiger partial charge in [0.1, 0.15) is 5.60 Å². The average Bonchev–Trinajstić information content (AvgIpc) is 3.27. The summed E-state index contributed by atoms with van der Waals surface area (Å²) in [7, 11) is -1.45. The smallest absolute Gasteiger partial charge is 0.444 e. The van der Waals surface area contributed by atoms with E-state index in [1.54, 1.807) is 0 Å². The second-order valence-electron chi connectivity index (χ2n) is 16.3. The fourth-order valence-corrected chi connectivity index (χ4v) is 6.50. The molecule has 1 amide bonds. The molecule has 1 saturated carbocycles. The van der Waals surface area contributed by atoms with Crippen LogP contribution in [0.15, 0.2) is 60.7 Å². The molecular formula is C36H53B2NO7. The maximum absolute atomic E-state index is 14.4. The highest BCUT2D eigenvalue weighted by molar-refractivity contribution is 6.69. The third-order valence-electron chi connectivity index (χ3n) is 10.6. The van der Waals surface area contributed by atoms with Crippen molar-refractivity contribution in [2.75, 3.05) is 0 Å². The maximum Gasteiger partial charge on any atom is 0.461 e. The largest absolute Gasteiger partial charge is 0.461 e. The van der Waals surface area contributed by atoms with Crippen molar-refractivity contribution in [3.05, 3.63) is 71.8 Å². The summed E-state index contributed by atoms with van der Waals surface area (Å²) in [6, 6.07) is 20.2. The number of ether oxygens (including phenoxy) is 2. The molecule has 2 aromatic rings. The van der Waals surface area contributed by atoms with Crippen molar-refractivity contribution >= 4 is 20.3 Å². The van der Waals surface area contributed by atoms with Crippen LogP contribution in [0.3, 0.4) is 0 Å². The van der Waals surface area contributed by atoms with Gasteiger partial charge < -0.3 is 28.1 Å². The quantitative estimate of drug-likeness (QED) is 0.263. The van der Waals surface area contributed by atoms with Crippen molar-refractivity contribution in [3.8, 4) is 0 Å². The molecule has 2 heterocycles. The molecule has 0 radical (unpaired) electrons.